The molecule has 1 atom stereocenters. The van der Waals surface area contributed by atoms with Crippen molar-refractivity contribution in [2.24, 2.45) is 5.73 Å². The van der Waals surface area contributed by atoms with Gasteiger partial charge in [-0.2, -0.15) is 0 Å². The molecule has 0 heterocycles. The Hall–Kier alpha value is -1.06. The first-order chi connectivity index (χ1) is 8.79. The van der Waals surface area contributed by atoms with Gasteiger partial charge in [0.15, 0.2) is 0 Å². The van der Waals surface area contributed by atoms with Gasteiger partial charge in [0.1, 0.15) is 5.75 Å². The fourth-order valence-electron chi connectivity index (χ4n) is 1.89. The lowest BCUT2D eigenvalue weighted by Gasteiger charge is -2.15. The summed E-state index contributed by atoms with van der Waals surface area (Å²) in [6.07, 6.45) is 4.99. The summed E-state index contributed by atoms with van der Waals surface area (Å²) in [6.45, 7) is 3.09. The highest BCUT2D eigenvalue weighted by Crippen LogP contribution is 2.25. The van der Waals surface area contributed by atoms with Gasteiger partial charge in [0, 0.05) is 18.2 Å². The van der Waals surface area contributed by atoms with E-state index in [0.29, 0.717) is 0 Å². The third-order valence-electron chi connectivity index (χ3n) is 3.07. The molecule has 3 heteroatoms. The Balaban J connectivity index is 2.37. The van der Waals surface area contributed by atoms with Gasteiger partial charge in [0.05, 0.1) is 6.61 Å². The Labute approximate surface area is 110 Å². The van der Waals surface area contributed by atoms with Crippen molar-refractivity contribution >= 4 is 0 Å². The van der Waals surface area contributed by atoms with Crippen LogP contribution in [-0.4, -0.2) is 18.3 Å². The van der Waals surface area contributed by atoms with E-state index in [2.05, 4.69) is 6.92 Å². The maximum absolute atomic E-state index is 8.68. The number of hydrogen-bond acceptors (Lipinski definition) is 3. The van der Waals surface area contributed by atoms with E-state index in [-0.39, 0.29) is 12.6 Å². The summed E-state index contributed by atoms with van der Waals surface area (Å²) in [5.41, 5.74) is 7.15. The Morgan fingerprint density at radius 1 is 1.17 bits per heavy atom. The molecule has 0 aliphatic carbocycles. The molecule has 0 saturated heterocycles. The first-order valence-corrected chi connectivity index (χ1v) is 6.87. The van der Waals surface area contributed by atoms with Gasteiger partial charge < -0.3 is 15.6 Å². The molecule has 1 aromatic rings. The Kier molecular flexibility index (Phi) is 7.46. The molecule has 0 unspecified atom stereocenters. The average molecular weight is 251 g/mol. The fraction of sp³-hybridized carbons (Fsp3) is 0.600. The van der Waals surface area contributed by atoms with Crippen LogP contribution in [0.15, 0.2) is 24.3 Å². The zero-order valence-electron chi connectivity index (χ0n) is 11.3. The van der Waals surface area contributed by atoms with E-state index in [1.807, 2.05) is 24.3 Å². The van der Waals surface area contributed by atoms with Crippen LogP contribution in [0.5, 0.6) is 5.75 Å². The molecule has 1 aromatic carbocycles. The van der Waals surface area contributed by atoms with Crippen molar-refractivity contribution in [1.29, 1.82) is 0 Å². The molecule has 0 aromatic heterocycles. The third-order valence-corrected chi connectivity index (χ3v) is 3.07. The summed E-state index contributed by atoms with van der Waals surface area (Å²) in [7, 11) is 0. The molecular weight excluding hydrogens is 226 g/mol. The number of nitrogens with two attached hydrogens (primary N) is 1. The number of hydrogen-bond donors (Lipinski definition) is 2. The standard InChI is InChI=1S/C15H25NO2/c1-2-14(16)13-9-5-6-10-15(13)18-12-8-4-3-7-11-17/h5-6,9-10,14,17H,2-4,7-8,11-12,16H2,1H3/t14-/m0/s1. The molecule has 0 aliphatic heterocycles. The normalized spacial score (nSPS) is 12.4. The molecule has 3 N–H and O–H groups in total. The molecule has 0 bridgehead atoms. The van der Waals surface area contributed by atoms with Crippen LogP contribution in [0.2, 0.25) is 0 Å². The minimum atomic E-state index is 0.0515. The van der Waals surface area contributed by atoms with Crippen molar-refractivity contribution < 1.29 is 9.84 Å². The monoisotopic (exact) mass is 251 g/mol. The molecule has 18 heavy (non-hydrogen) atoms. The van der Waals surface area contributed by atoms with E-state index < -0.39 is 0 Å². The van der Waals surface area contributed by atoms with Crippen molar-refractivity contribution in [3.05, 3.63) is 29.8 Å². The van der Waals surface area contributed by atoms with Crippen LogP contribution >= 0.6 is 0 Å². The second-order valence-corrected chi connectivity index (χ2v) is 4.54. The molecular formula is C15H25NO2. The van der Waals surface area contributed by atoms with E-state index in [0.717, 1.165) is 50.0 Å². The Bertz CT molecular complexity index is 328. The summed E-state index contributed by atoms with van der Waals surface area (Å²) in [5.74, 6) is 0.911. The number of rotatable bonds is 9. The molecule has 0 saturated carbocycles. The Morgan fingerprint density at radius 3 is 2.61 bits per heavy atom. The van der Waals surface area contributed by atoms with Crippen molar-refractivity contribution in [2.45, 2.75) is 45.1 Å². The number of ether oxygens (including phenoxy) is 1. The van der Waals surface area contributed by atoms with Crippen LogP contribution in [0, 0.1) is 0 Å². The second kappa shape index (κ2) is 8.95. The van der Waals surface area contributed by atoms with Crippen LogP contribution in [0.4, 0.5) is 0 Å². The van der Waals surface area contributed by atoms with E-state index in [1.54, 1.807) is 0 Å². The zero-order valence-corrected chi connectivity index (χ0v) is 11.3. The van der Waals surface area contributed by atoms with Crippen molar-refractivity contribution in [3.63, 3.8) is 0 Å². The van der Waals surface area contributed by atoms with Gasteiger partial charge in [0.25, 0.3) is 0 Å². The molecule has 0 fully saturated rings. The van der Waals surface area contributed by atoms with E-state index in [9.17, 15) is 0 Å². The maximum Gasteiger partial charge on any atom is 0.124 e. The minimum absolute atomic E-state index is 0.0515. The van der Waals surface area contributed by atoms with Crippen molar-refractivity contribution in [3.8, 4) is 5.75 Å². The van der Waals surface area contributed by atoms with Gasteiger partial charge in [-0.3, -0.25) is 0 Å². The van der Waals surface area contributed by atoms with E-state index in [1.165, 1.54) is 0 Å². The quantitative estimate of drug-likeness (QED) is 0.663. The van der Waals surface area contributed by atoms with Gasteiger partial charge >= 0.3 is 0 Å². The van der Waals surface area contributed by atoms with Gasteiger partial charge in [-0.1, -0.05) is 31.5 Å². The summed E-state index contributed by atoms with van der Waals surface area (Å²) in [4.78, 5) is 0. The van der Waals surface area contributed by atoms with Gasteiger partial charge in [-0.05, 0) is 31.7 Å². The topological polar surface area (TPSA) is 55.5 Å². The highest BCUT2D eigenvalue weighted by Gasteiger charge is 2.09. The lowest BCUT2D eigenvalue weighted by molar-refractivity contribution is 0.272. The highest BCUT2D eigenvalue weighted by atomic mass is 16.5. The minimum Gasteiger partial charge on any atom is -0.493 e. The van der Waals surface area contributed by atoms with Crippen LogP contribution in [0.25, 0.3) is 0 Å². The summed E-state index contributed by atoms with van der Waals surface area (Å²) in [6, 6.07) is 8.05. The molecule has 0 radical (unpaired) electrons. The maximum atomic E-state index is 8.68. The highest BCUT2D eigenvalue weighted by molar-refractivity contribution is 5.35. The number of aliphatic hydroxyl groups is 1. The predicted molar refractivity (Wildman–Crippen MR) is 74.7 cm³/mol. The summed E-state index contributed by atoms with van der Waals surface area (Å²) < 4.78 is 5.80. The van der Waals surface area contributed by atoms with Gasteiger partial charge in [0.2, 0.25) is 0 Å². The molecule has 102 valence electrons. The first kappa shape index (κ1) is 15.0. The number of benzene rings is 1. The lowest BCUT2D eigenvalue weighted by Crippen LogP contribution is -2.11. The molecule has 0 spiro atoms. The average Bonchev–Trinajstić information content (AvgIpc) is 2.42. The van der Waals surface area contributed by atoms with Gasteiger partial charge in [-0.25, -0.2) is 0 Å². The predicted octanol–water partition coefficient (Wildman–Crippen LogP) is 3.03. The number of aliphatic hydroxyl groups excluding tert-OH is 1. The first-order valence-electron chi connectivity index (χ1n) is 6.87. The van der Waals surface area contributed by atoms with Crippen LogP contribution < -0.4 is 10.5 Å². The molecule has 3 nitrogen and oxygen atoms in total. The number of unbranched alkanes of at least 4 members (excludes halogenated alkanes) is 3. The smallest absolute Gasteiger partial charge is 0.124 e. The van der Waals surface area contributed by atoms with Crippen LogP contribution in [0.3, 0.4) is 0 Å². The molecule has 0 aliphatic rings. The molecule has 1 rings (SSSR count). The second-order valence-electron chi connectivity index (χ2n) is 4.54. The lowest BCUT2D eigenvalue weighted by atomic mass is 10.0. The Morgan fingerprint density at radius 2 is 1.89 bits per heavy atom. The number of para-hydroxylation sites is 1. The SMILES string of the molecule is CC[C@H](N)c1ccccc1OCCCCCCO. The van der Waals surface area contributed by atoms with Crippen LogP contribution in [0.1, 0.15) is 50.6 Å². The van der Waals surface area contributed by atoms with Crippen LogP contribution in [-0.2, 0) is 0 Å². The van der Waals surface area contributed by atoms with E-state index >= 15 is 0 Å². The molecule has 0 amide bonds. The summed E-state index contributed by atoms with van der Waals surface area (Å²) in [5, 5.41) is 8.68. The van der Waals surface area contributed by atoms with Crippen molar-refractivity contribution in [2.75, 3.05) is 13.2 Å². The largest absolute Gasteiger partial charge is 0.493 e. The van der Waals surface area contributed by atoms with Crippen molar-refractivity contribution in [1.82, 2.24) is 0 Å². The zero-order chi connectivity index (χ0) is 13.2. The third kappa shape index (κ3) is 5.07. The van der Waals surface area contributed by atoms with Gasteiger partial charge in [-0.15, -0.1) is 0 Å². The fourth-order valence-corrected chi connectivity index (χ4v) is 1.89. The van der Waals surface area contributed by atoms with E-state index in [4.69, 9.17) is 15.6 Å². The summed E-state index contributed by atoms with van der Waals surface area (Å²) >= 11 is 0.